The second kappa shape index (κ2) is 7.99. The Kier molecular flexibility index (Phi) is 6.04. The zero-order valence-electron chi connectivity index (χ0n) is 20.2. The van der Waals surface area contributed by atoms with E-state index in [4.69, 9.17) is 0 Å². The van der Waals surface area contributed by atoms with Gasteiger partial charge in [-0.05, 0) is 91.3 Å². The third-order valence-electron chi connectivity index (χ3n) is 10.8. The second-order valence-corrected chi connectivity index (χ2v) is 12.6. The number of aliphatic hydroxyl groups is 1. The third kappa shape index (κ3) is 3.56. The van der Waals surface area contributed by atoms with Gasteiger partial charge in [0.05, 0.1) is 6.10 Å². The maximum atomic E-state index is 10.5. The highest BCUT2D eigenvalue weighted by Crippen LogP contribution is 2.67. The fourth-order valence-corrected chi connectivity index (χ4v) is 9.08. The molecule has 0 bridgehead atoms. The molecule has 4 rings (SSSR count). The van der Waals surface area contributed by atoms with Gasteiger partial charge < -0.3 is 5.11 Å². The van der Waals surface area contributed by atoms with Gasteiger partial charge >= 0.3 is 0 Å². The van der Waals surface area contributed by atoms with E-state index in [1.54, 1.807) is 5.57 Å². The van der Waals surface area contributed by atoms with E-state index in [-0.39, 0.29) is 6.10 Å². The lowest BCUT2D eigenvalue weighted by Gasteiger charge is -2.59. The van der Waals surface area contributed by atoms with Crippen LogP contribution >= 0.6 is 0 Å². The SMILES string of the molecule is CC(C)CCC[C@@H](C)[C@H]1CC[C@@H]2[C@@H]3CC=C4[C@H](C)[C@@H](O)CC[C@]4(C)[C@H]3CC[C@@]21C. The van der Waals surface area contributed by atoms with Gasteiger partial charge in [0, 0.05) is 5.92 Å². The molecule has 4 aliphatic carbocycles. The topological polar surface area (TPSA) is 20.2 Å². The van der Waals surface area contributed by atoms with Gasteiger partial charge in [-0.1, -0.05) is 72.5 Å². The van der Waals surface area contributed by atoms with Crippen LogP contribution in [0, 0.1) is 52.3 Å². The van der Waals surface area contributed by atoms with Crippen LogP contribution in [0.4, 0.5) is 0 Å². The van der Waals surface area contributed by atoms with Crippen LogP contribution in [0.25, 0.3) is 0 Å². The van der Waals surface area contributed by atoms with Gasteiger partial charge in [-0.25, -0.2) is 0 Å². The first kappa shape index (κ1) is 21.9. The average Bonchev–Trinajstić information content (AvgIpc) is 3.02. The van der Waals surface area contributed by atoms with Gasteiger partial charge in [0.25, 0.3) is 0 Å². The molecule has 1 heteroatoms. The Morgan fingerprint density at radius 1 is 1.00 bits per heavy atom. The summed E-state index contributed by atoms with van der Waals surface area (Å²) in [6.45, 7) is 14.9. The third-order valence-corrected chi connectivity index (χ3v) is 10.8. The molecule has 0 heterocycles. The Morgan fingerprint density at radius 2 is 1.76 bits per heavy atom. The average molecular weight is 401 g/mol. The standard InChI is InChI=1S/C28H48O/c1-18(2)8-7-9-19(3)22-12-13-24-21-10-11-23-20(4)26(29)15-17-28(23,6)25(21)14-16-27(22,24)5/h11,18-22,24-26,29H,7-10,12-17H2,1-6H3/t19-,20+,21+,22-,24-,25+,26+,27-,28+/m1/s1. The minimum atomic E-state index is -0.109. The summed E-state index contributed by atoms with van der Waals surface area (Å²) in [4.78, 5) is 0. The van der Waals surface area contributed by atoms with E-state index < -0.39 is 0 Å². The molecular formula is C28H48O. The Hall–Kier alpha value is -0.300. The quantitative estimate of drug-likeness (QED) is 0.470. The monoisotopic (exact) mass is 400 g/mol. The number of fused-ring (bicyclic) bond motifs is 5. The van der Waals surface area contributed by atoms with E-state index >= 15 is 0 Å². The van der Waals surface area contributed by atoms with Gasteiger partial charge in [0.1, 0.15) is 0 Å². The van der Waals surface area contributed by atoms with Crippen LogP contribution in [0.2, 0.25) is 0 Å². The van der Waals surface area contributed by atoms with E-state index in [2.05, 4.69) is 47.6 Å². The molecule has 0 unspecified atom stereocenters. The molecule has 1 nitrogen and oxygen atoms in total. The van der Waals surface area contributed by atoms with Crippen LogP contribution in [-0.4, -0.2) is 11.2 Å². The van der Waals surface area contributed by atoms with Crippen LogP contribution in [0.15, 0.2) is 11.6 Å². The maximum absolute atomic E-state index is 10.5. The molecule has 4 aliphatic rings. The van der Waals surface area contributed by atoms with E-state index in [0.29, 0.717) is 16.7 Å². The van der Waals surface area contributed by atoms with Crippen molar-refractivity contribution < 1.29 is 5.11 Å². The molecular weight excluding hydrogens is 352 g/mol. The van der Waals surface area contributed by atoms with Crippen LogP contribution in [0.1, 0.15) is 106 Å². The molecule has 0 spiro atoms. The van der Waals surface area contributed by atoms with Gasteiger partial charge in [0.2, 0.25) is 0 Å². The lowest BCUT2D eigenvalue weighted by molar-refractivity contribution is -0.0644. The molecule has 9 atom stereocenters. The Labute approximate surface area is 181 Å². The van der Waals surface area contributed by atoms with Gasteiger partial charge in [-0.15, -0.1) is 0 Å². The number of aliphatic hydroxyl groups excluding tert-OH is 1. The summed E-state index contributed by atoms with van der Waals surface area (Å²) in [6.07, 6.45) is 16.1. The number of hydrogen-bond donors (Lipinski definition) is 1. The van der Waals surface area contributed by atoms with Gasteiger partial charge in [0.15, 0.2) is 0 Å². The fourth-order valence-electron chi connectivity index (χ4n) is 9.08. The van der Waals surface area contributed by atoms with E-state index in [1.165, 1.54) is 57.8 Å². The fraction of sp³-hybridized carbons (Fsp3) is 0.929. The van der Waals surface area contributed by atoms with Crippen LogP contribution in [0.3, 0.4) is 0 Å². The Morgan fingerprint density at radius 3 is 2.48 bits per heavy atom. The van der Waals surface area contributed by atoms with Crippen molar-refractivity contribution in [3.63, 3.8) is 0 Å². The van der Waals surface area contributed by atoms with Crippen molar-refractivity contribution in [3.05, 3.63) is 11.6 Å². The lowest BCUT2D eigenvalue weighted by Crippen LogP contribution is -2.52. The van der Waals surface area contributed by atoms with Crippen LogP contribution < -0.4 is 0 Å². The zero-order chi connectivity index (χ0) is 21.0. The summed E-state index contributed by atoms with van der Waals surface area (Å²) < 4.78 is 0. The molecule has 0 saturated heterocycles. The lowest BCUT2D eigenvalue weighted by atomic mass is 9.46. The summed E-state index contributed by atoms with van der Waals surface area (Å²) in [6, 6.07) is 0. The van der Waals surface area contributed by atoms with Crippen molar-refractivity contribution in [2.24, 2.45) is 52.3 Å². The highest BCUT2D eigenvalue weighted by molar-refractivity contribution is 5.27. The maximum Gasteiger partial charge on any atom is 0.0603 e. The first-order valence-electron chi connectivity index (χ1n) is 13.1. The molecule has 0 amide bonds. The van der Waals surface area contributed by atoms with Crippen LogP contribution in [0.5, 0.6) is 0 Å². The van der Waals surface area contributed by atoms with Crippen molar-refractivity contribution in [2.45, 2.75) is 112 Å². The predicted molar refractivity (Wildman–Crippen MR) is 124 cm³/mol. The Balaban J connectivity index is 1.51. The molecule has 0 aliphatic heterocycles. The minimum absolute atomic E-state index is 0.109. The highest BCUT2D eigenvalue weighted by atomic mass is 16.3. The summed E-state index contributed by atoms with van der Waals surface area (Å²) in [7, 11) is 0. The normalized spacial score (nSPS) is 47.9. The summed E-state index contributed by atoms with van der Waals surface area (Å²) in [5, 5.41) is 10.5. The van der Waals surface area contributed by atoms with E-state index in [9.17, 15) is 5.11 Å². The van der Waals surface area contributed by atoms with Gasteiger partial charge in [-0.2, -0.15) is 0 Å². The smallest absolute Gasteiger partial charge is 0.0603 e. The Bertz CT molecular complexity index is 620. The van der Waals surface area contributed by atoms with E-state index in [1.807, 2.05) is 0 Å². The van der Waals surface area contributed by atoms with Gasteiger partial charge in [-0.3, -0.25) is 0 Å². The zero-order valence-corrected chi connectivity index (χ0v) is 20.2. The van der Waals surface area contributed by atoms with Crippen molar-refractivity contribution >= 4 is 0 Å². The molecule has 29 heavy (non-hydrogen) atoms. The van der Waals surface area contributed by atoms with Crippen molar-refractivity contribution in [2.75, 3.05) is 0 Å². The van der Waals surface area contributed by atoms with Crippen molar-refractivity contribution in [1.82, 2.24) is 0 Å². The first-order valence-corrected chi connectivity index (χ1v) is 13.1. The molecule has 0 aromatic heterocycles. The van der Waals surface area contributed by atoms with Crippen LogP contribution in [-0.2, 0) is 0 Å². The minimum Gasteiger partial charge on any atom is -0.393 e. The molecule has 166 valence electrons. The first-order chi connectivity index (χ1) is 13.7. The largest absolute Gasteiger partial charge is 0.393 e. The molecule has 3 saturated carbocycles. The predicted octanol–water partition coefficient (Wildman–Crippen LogP) is 7.63. The second-order valence-electron chi connectivity index (χ2n) is 12.6. The number of rotatable bonds is 5. The highest BCUT2D eigenvalue weighted by Gasteiger charge is 2.59. The molecule has 3 fully saturated rings. The summed E-state index contributed by atoms with van der Waals surface area (Å²) in [5.74, 6) is 5.78. The molecule has 0 radical (unpaired) electrons. The van der Waals surface area contributed by atoms with Crippen molar-refractivity contribution in [3.8, 4) is 0 Å². The molecule has 0 aromatic carbocycles. The number of allylic oxidation sites excluding steroid dienone is 1. The van der Waals surface area contributed by atoms with Crippen molar-refractivity contribution in [1.29, 1.82) is 0 Å². The van der Waals surface area contributed by atoms with E-state index in [0.717, 1.165) is 41.9 Å². The number of hydrogen-bond acceptors (Lipinski definition) is 1. The molecule has 0 aromatic rings. The molecule has 1 N–H and O–H groups in total. The summed E-state index contributed by atoms with van der Waals surface area (Å²) in [5.41, 5.74) is 2.57. The summed E-state index contributed by atoms with van der Waals surface area (Å²) >= 11 is 0.